The number of aryl methyl sites for hydroxylation is 1. The SMILES string of the molecule is CCCNc1nc(-c2ccc(C3CCNCC3)cc2)cc2ncn(C)c(=O)c12. The van der Waals surface area contributed by atoms with E-state index < -0.39 is 0 Å². The van der Waals surface area contributed by atoms with E-state index in [0.717, 1.165) is 37.3 Å². The molecule has 0 radical (unpaired) electrons. The molecule has 1 aliphatic rings. The van der Waals surface area contributed by atoms with Crippen LogP contribution < -0.4 is 16.2 Å². The van der Waals surface area contributed by atoms with Crippen LogP contribution in [0, 0.1) is 0 Å². The molecule has 6 heteroatoms. The highest BCUT2D eigenvalue weighted by Crippen LogP contribution is 2.29. The minimum absolute atomic E-state index is 0.0797. The lowest BCUT2D eigenvalue weighted by atomic mass is 9.89. The molecule has 3 aromatic rings. The molecule has 2 aromatic heterocycles. The predicted molar refractivity (Wildman–Crippen MR) is 114 cm³/mol. The van der Waals surface area contributed by atoms with Crippen molar-refractivity contribution in [3.63, 3.8) is 0 Å². The monoisotopic (exact) mass is 377 g/mol. The zero-order valence-corrected chi connectivity index (χ0v) is 16.5. The van der Waals surface area contributed by atoms with Gasteiger partial charge in [0.15, 0.2) is 0 Å². The molecule has 1 fully saturated rings. The number of rotatable bonds is 5. The average molecular weight is 377 g/mol. The Hall–Kier alpha value is -2.73. The Labute approximate surface area is 165 Å². The summed E-state index contributed by atoms with van der Waals surface area (Å²) in [5, 5.41) is 7.28. The van der Waals surface area contributed by atoms with Crippen LogP contribution in [0.5, 0.6) is 0 Å². The summed E-state index contributed by atoms with van der Waals surface area (Å²) in [4.78, 5) is 21.9. The number of benzene rings is 1. The highest BCUT2D eigenvalue weighted by atomic mass is 16.1. The van der Waals surface area contributed by atoms with Crippen molar-refractivity contribution in [2.45, 2.75) is 32.1 Å². The van der Waals surface area contributed by atoms with Gasteiger partial charge in [0.05, 0.1) is 17.5 Å². The molecule has 0 unspecified atom stereocenters. The summed E-state index contributed by atoms with van der Waals surface area (Å²) in [5.74, 6) is 1.25. The second-order valence-electron chi connectivity index (χ2n) is 7.48. The average Bonchev–Trinajstić information content (AvgIpc) is 2.75. The second kappa shape index (κ2) is 8.10. The van der Waals surface area contributed by atoms with Crippen molar-refractivity contribution >= 4 is 16.7 Å². The predicted octanol–water partition coefficient (Wildman–Crippen LogP) is 3.28. The fourth-order valence-corrected chi connectivity index (χ4v) is 3.82. The number of piperidine rings is 1. The van der Waals surface area contributed by atoms with Crippen LogP contribution in [0.1, 0.15) is 37.7 Å². The van der Waals surface area contributed by atoms with Crippen molar-refractivity contribution in [3.8, 4) is 11.3 Å². The van der Waals surface area contributed by atoms with E-state index in [1.54, 1.807) is 13.4 Å². The van der Waals surface area contributed by atoms with Gasteiger partial charge in [0, 0.05) is 19.2 Å². The summed E-state index contributed by atoms with van der Waals surface area (Å²) in [7, 11) is 1.71. The van der Waals surface area contributed by atoms with Crippen molar-refractivity contribution in [3.05, 3.63) is 52.6 Å². The van der Waals surface area contributed by atoms with E-state index in [0.29, 0.717) is 22.6 Å². The summed E-state index contributed by atoms with van der Waals surface area (Å²) in [5.41, 5.74) is 3.87. The summed E-state index contributed by atoms with van der Waals surface area (Å²) in [6, 6.07) is 10.6. The molecule has 1 aliphatic heterocycles. The van der Waals surface area contributed by atoms with Gasteiger partial charge in [0.1, 0.15) is 11.2 Å². The van der Waals surface area contributed by atoms with Crippen molar-refractivity contribution < 1.29 is 0 Å². The minimum atomic E-state index is -0.0797. The van der Waals surface area contributed by atoms with Gasteiger partial charge in [-0.25, -0.2) is 9.97 Å². The normalized spacial score (nSPS) is 15.1. The van der Waals surface area contributed by atoms with Gasteiger partial charge < -0.3 is 15.2 Å². The number of nitrogens with one attached hydrogen (secondary N) is 2. The molecule has 1 aromatic carbocycles. The third kappa shape index (κ3) is 3.64. The molecule has 0 bridgehead atoms. The summed E-state index contributed by atoms with van der Waals surface area (Å²) < 4.78 is 1.49. The molecule has 6 nitrogen and oxygen atoms in total. The van der Waals surface area contributed by atoms with Crippen LogP contribution in [0.4, 0.5) is 5.82 Å². The Balaban J connectivity index is 1.73. The fraction of sp³-hybridized carbons (Fsp3) is 0.409. The zero-order valence-electron chi connectivity index (χ0n) is 16.5. The minimum Gasteiger partial charge on any atom is -0.369 e. The maximum atomic E-state index is 12.6. The Kier molecular flexibility index (Phi) is 5.39. The van der Waals surface area contributed by atoms with Crippen LogP contribution in [-0.2, 0) is 7.05 Å². The summed E-state index contributed by atoms with van der Waals surface area (Å²) in [6.45, 7) is 5.03. The van der Waals surface area contributed by atoms with Crippen LogP contribution >= 0.6 is 0 Å². The molecular weight excluding hydrogens is 350 g/mol. The van der Waals surface area contributed by atoms with Crippen molar-refractivity contribution in [2.24, 2.45) is 7.05 Å². The number of fused-ring (bicyclic) bond motifs is 1. The Morgan fingerprint density at radius 3 is 2.68 bits per heavy atom. The third-order valence-electron chi connectivity index (χ3n) is 5.46. The zero-order chi connectivity index (χ0) is 19.5. The maximum Gasteiger partial charge on any atom is 0.264 e. The first-order chi connectivity index (χ1) is 13.7. The standard InChI is InChI=1S/C22H27N5O/c1-3-10-24-21-20-19(25-14-27(2)22(20)28)13-18(26-21)17-6-4-15(5-7-17)16-8-11-23-12-9-16/h4-7,13-14,16,23H,3,8-12H2,1-2H3,(H,24,26). The molecular formula is C22H27N5O. The molecule has 0 amide bonds. The first-order valence-electron chi connectivity index (χ1n) is 10.1. The van der Waals surface area contributed by atoms with E-state index in [2.05, 4.69) is 46.8 Å². The van der Waals surface area contributed by atoms with Crippen LogP contribution in [0.25, 0.3) is 22.2 Å². The Morgan fingerprint density at radius 1 is 1.21 bits per heavy atom. The number of anilines is 1. The van der Waals surface area contributed by atoms with Gasteiger partial charge in [-0.1, -0.05) is 31.2 Å². The van der Waals surface area contributed by atoms with Crippen LogP contribution in [0.3, 0.4) is 0 Å². The van der Waals surface area contributed by atoms with Gasteiger partial charge in [0.2, 0.25) is 0 Å². The van der Waals surface area contributed by atoms with Crippen molar-refractivity contribution in [1.82, 2.24) is 19.9 Å². The Bertz CT molecular complexity index is 1020. The molecule has 2 N–H and O–H groups in total. The number of pyridine rings is 1. The lowest BCUT2D eigenvalue weighted by Crippen LogP contribution is -2.26. The lowest BCUT2D eigenvalue weighted by molar-refractivity contribution is 0.460. The van der Waals surface area contributed by atoms with Gasteiger partial charge in [-0.05, 0) is 49.9 Å². The molecule has 28 heavy (non-hydrogen) atoms. The molecule has 0 spiro atoms. The first kappa shape index (κ1) is 18.6. The smallest absolute Gasteiger partial charge is 0.264 e. The van der Waals surface area contributed by atoms with E-state index in [9.17, 15) is 4.79 Å². The summed E-state index contributed by atoms with van der Waals surface area (Å²) >= 11 is 0. The molecule has 0 aliphatic carbocycles. The van der Waals surface area contributed by atoms with Gasteiger partial charge in [-0.2, -0.15) is 0 Å². The second-order valence-corrected chi connectivity index (χ2v) is 7.48. The van der Waals surface area contributed by atoms with Gasteiger partial charge in [-0.3, -0.25) is 4.79 Å². The van der Waals surface area contributed by atoms with Crippen molar-refractivity contribution in [2.75, 3.05) is 25.0 Å². The molecule has 0 atom stereocenters. The quantitative estimate of drug-likeness (QED) is 0.714. The van der Waals surface area contributed by atoms with E-state index in [1.807, 2.05) is 6.07 Å². The number of hydrogen-bond donors (Lipinski definition) is 2. The highest BCUT2D eigenvalue weighted by Gasteiger charge is 2.16. The van der Waals surface area contributed by atoms with Crippen LogP contribution in [-0.4, -0.2) is 34.2 Å². The summed E-state index contributed by atoms with van der Waals surface area (Å²) in [6.07, 6.45) is 4.90. The third-order valence-corrected chi connectivity index (χ3v) is 5.46. The Morgan fingerprint density at radius 2 is 1.96 bits per heavy atom. The number of nitrogens with zero attached hydrogens (tertiary/aromatic N) is 3. The van der Waals surface area contributed by atoms with Crippen molar-refractivity contribution in [1.29, 1.82) is 0 Å². The molecule has 1 saturated heterocycles. The van der Waals surface area contributed by atoms with Gasteiger partial charge >= 0.3 is 0 Å². The van der Waals surface area contributed by atoms with Gasteiger partial charge in [0.25, 0.3) is 5.56 Å². The van der Waals surface area contributed by atoms with Gasteiger partial charge in [-0.15, -0.1) is 0 Å². The van der Waals surface area contributed by atoms with E-state index in [1.165, 1.54) is 23.0 Å². The fourth-order valence-electron chi connectivity index (χ4n) is 3.82. The van der Waals surface area contributed by atoms with E-state index in [4.69, 9.17) is 4.98 Å². The largest absolute Gasteiger partial charge is 0.369 e. The number of hydrogen-bond acceptors (Lipinski definition) is 5. The number of aromatic nitrogens is 3. The van der Waals surface area contributed by atoms with Crippen LogP contribution in [0.15, 0.2) is 41.5 Å². The highest BCUT2D eigenvalue weighted by molar-refractivity contribution is 5.91. The molecule has 146 valence electrons. The van der Waals surface area contributed by atoms with E-state index in [-0.39, 0.29) is 5.56 Å². The lowest BCUT2D eigenvalue weighted by Gasteiger charge is -2.23. The first-order valence-corrected chi connectivity index (χ1v) is 10.1. The van der Waals surface area contributed by atoms with E-state index >= 15 is 0 Å². The molecule has 0 saturated carbocycles. The molecule has 4 rings (SSSR count). The topological polar surface area (TPSA) is 71.8 Å². The maximum absolute atomic E-state index is 12.6. The van der Waals surface area contributed by atoms with Crippen LogP contribution in [0.2, 0.25) is 0 Å². The molecule has 3 heterocycles.